The molecule has 0 radical (unpaired) electrons. The van der Waals surface area contributed by atoms with Crippen LogP contribution in [0.2, 0.25) is 0 Å². The van der Waals surface area contributed by atoms with Gasteiger partial charge in [0.25, 0.3) is 5.91 Å². The molecule has 2 aromatic heterocycles. The van der Waals surface area contributed by atoms with Crippen LogP contribution in [0.3, 0.4) is 0 Å². The van der Waals surface area contributed by atoms with E-state index in [-0.39, 0.29) is 5.91 Å². The Morgan fingerprint density at radius 2 is 2.20 bits per heavy atom. The number of aromatic nitrogens is 1. The summed E-state index contributed by atoms with van der Waals surface area (Å²) in [4.78, 5) is 17.7. The van der Waals surface area contributed by atoms with Gasteiger partial charge in [0, 0.05) is 33.0 Å². The Labute approximate surface area is 130 Å². The third kappa shape index (κ3) is 3.80. The molecule has 106 valence electrons. The smallest absolute Gasteiger partial charge is 0.251 e. The van der Waals surface area contributed by atoms with Crippen molar-refractivity contribution in [3.8, 4) is 0 Å². The molecule has 20 heavy (non-hydrogen) atoms. The second kappa shape index (κ2) is 6.85. The number of amides is 1. The number of pyridine rings is 1. The number of hydrogen-bond acceptors (Lipinski definition) is 4. The number of rotatable bonds is 5. The van der Waals surface area contributed by atoms with Gasteiger partial charge in [0.15, 0.2) is 0 Å². The number of thiophene rings is 1. The number of nitrogens with zero attached hydrogens (tertiary/aromatic N) is 1. The van der Waals surface area contributed by atoms with Crippen LogP contribution < -0.4 is 10.6 Å². The number of carbonyl (C=O) groups is 1. The Hall–Kier alpha value is -1.40. The van der Waals surface area contributed by atoms with E-state index in [4.69, 9.17) is 0 Å². The van der Waals surface area contributed by atoms with E-state index < -0.39 is 0 Å². The molecule has 0 saturated carbocycles. The summed E-state index contributed by atoms with van der Waals surface area (Å²) in [6, 6.07) is 5.60. The molecule has 0 spiro atoms. The molecule has 0 saturated heterocycles. The van der Waals surface area contributed by atoms with E-state index in [2.05, 4.69) is 31.5 Å². The van der Waals surface area contributed by atoms with Gasteiger partial charge in [-0.3, -0.25) is 4.79 Å². The molecule has 0 aliphatic rings. The Morgan fingerprint density at radius 3 is 2.80 bits per heavy atom. The van der Waals surface area contributed by atoms with Gasteiger partial charge in [0.05, 0.1) is 6.54 Å². The van der Waals surface area contributed by atoms with Gasteiger partial charge in [-0.05, 0) is 40.5 Å². The summed E-state index contributed by atoms with van der Waals surface area (Å²) < 4.78 is 1.04. The van der Waals surface area contributed by atoms with Crippen molar-refractivity contribution in [1.82, 2.24) is 10.3 Å². The highest BCUT2D eigenvalue weighted by molar-refractivity contribution is 9.10. The average molecular weight is 354 g/mol. The quantitative estimate of drug-likeness (QED) is 0.865. The molecule has 2 rings (SSSR count). The van der Waals surface area contributed by atoms with Crippen molar-refractivity contribution in [3.05, 3.63) is 44.2 Å². The molecule has 4 nitrogen and oxygen atoms in total. The molecule has 0 aromatic carbocycles. The predicted molar refractivity (Wildman–Crippen MR) is 86.4 cm³/mol. The van der Waals surface area contributed by atoms with E-state index in [1.54, 1.807) is 24.5 Å². The van der Waals surface area contributed by atoms with Crippen LogP contribution >= 0.6 is 27.3 Å². The van der Waals surface area contributed by atoms with Gasteiger partial charge in [-0.1, -0.05) is 6.92 Å². The minimum atomic E-state index is -0.0804. The summed E-state index contributed by atoms with van der Waals surface area (Å²) in [7, 11) is 1.80. The van der Waals surface area contributed by atoms with Gasteiger partial charge in [0.2, 0.25) is 0 Å². The highest BCUT2D eigenvalue weighted by Crippen LogP contribution is 2.19. The summed E-state index contributed by atoms with van der Waals surface area (Å²) in [5.41, 5.74) is 1.54. The van der Waals surface area contributed by atoms with E-state index in [0.717, 1.165) is 21.5 Å². The number of anilines is 1. The average Bonchev–Trinajstić information content (AvgIpc) is 2.89. The van der Waals surface area contributed by atoms with Crippen LogP contribution in [0.15, 0.2) is 28.1 Å². The first kappa shape index (κ1) is 15.0. The minimum Gasteiger partial charge on any atom is -0.373 e. The zero-order valence-corrected chi connectivity index (χ0v) is 13.8. The summed E-state index contributed by atoms with van der Waals surface area (Å²) in [6.07, 6.45) is 0.799. The van der Waals surface area contributed by atoms with E-state index in [1.807, 2.05) is 24.4 Å². The first-order valence-corrected chi connectivity index (χ1v) is 7.99. The van der Waals surface area contributed by atoms with Crippen molar-refractivity contribution in [2.75, 3.05) is 12.4 Å². The lowest BCUT2D eigenvalue weighted by molar-refractivity contribution is 0.0951. The monoisotopic (exact) mass is 353 g/mol. The van der Waals surface area contributed by atoms with Gasteiger partial charge >= 0.3 is 0 Å². The van der Waals surface area contributed by atoms with Crippen molar-refractivity contribution < 1.29 is 4.79 Å². The Kier molecular flexibility index (Phi) is 5.14. The second-order valence-electron chi connectivity index (χ2n) is 4.25. The molecule has 2 N–H and O–H groups in total. The van der Waals surface area contributed by atoms with Crippen LogP contribution in [0.4, 0.5) is 5.82 Å². The summed E-state index contributed by atoms with van der Waals surface area (Å²) >= 11 is 5.02. The van der Waals surface area contributed by atoms with Gasteiger partial charge in [-0.25, -0.2) is 4.98 Å². The van der Waals surface area contributed by atoms with Crippen LogP contribution in [-0.4, -0.2) is 17.9 Å². The highest BCUT2D eigenvalue weighted by Gasteiger charge is 2.09. The standard InChI is InChI=1S/C14H16BrN3OS/c1-3-11-4-9(5-13(16-2)18-11)14(19)17-7-12-6-10(15)8-20-12/h4-6,8H,3,7H2,1-2H3,(H,16,18)(H,17,19). The summed E-state index contributed by atoms with van der Waals surface area (Å²) in [5, 5.41) is 7.91. The molecule has 0 unspecified atom stereocenters. The topological polar surface area (TPSA) is 54.0 Å². The fraction of sp³-hybridized carbons (Fsp3) is 0.286. The van der Waals surface area contributed by atoms with E-state index in [0.29, 0.717) is 17.9 Å². The van der Waals surface area contributed by atoms with Gasteiger partial charge in [-0.15, -0.1) is 11.3 Å². The molecule has 2 aromatic rings. The Bertz CT molecular complexity index is 590. The minimum absolute atomic E-state index is 0.0804. The molecule has 0 aliphatic carbocycles. The van der Waals surface area contributed by atoms with Gasteiger partial charge in [-0.2, -0.15) is 0 Å². The molecule has 0 fully saturated rings. The summed E-state index contributed by atoms with van der Waals surface area (Å²) in [5.74, 6) is 0.636. The van der Waals surface area contributed by atoms with Crippen LogP contribution in [-0.2, 0) is 13.0 Å². The predicted octanol–water partition coefficient (Wildman–Crippen LogP) is 3.44. The number of nitrogens with one attached hydrogen (secondary N) is 2. The zero-order chi connectivity index (χ0) is 14.5. The number of hydrogen-bond donors (Lipinski definition) is 2. The van der Waals surface area contributed by atoms with Gasteiger partial charge < -0.3 is 10.6 Å². The van der Waals surface area contributed by atoms with E-state index in [1.165, 1.54) is 0 Å². The first-order chi connectivity index (χ1) is 9.62. The maximum atomic E-state index is 12.2. The third-order valence-electron chi connectivity index (χ3n) is 2.80. The molecule has 1 amide bonds. The first-order valence-electron chi connectivity index (χ1n) is 6.32. The summed E-state index contributed by atoms with van der Waals surface area (Å²) in [6.45, 7) is 2.56. The van der Waals surface area contributed by atoms with Crippen molar-refractivity contribution in [1.29, 1.82) is 0 Å². The fourth-order valence-electron chi connectivity index (χ4n) is 1.74. The van der Waals surface area contributed by atoms with Crippen LogP contribution in [0, 0.1) is 0 Å². The lowest BCUT2D eigenvalue weighted by Crippen LogP contribution is -2.22. The maximum Gasteiger partial charge on any atom is 0.251 e. The molecule has 2 heterocycles. The van der Waals surface area contributed by atoms with Crippen molar-refractivity contribution in [3.63, 3.8) is 0 Å². The van der Waals surface area contributed by atoms with E-state index in [9.17, 15) is 4.79 Å². The normalized spacial score (nSPS) is 10.3. The largest absolute Gasteiger partial charge is 0.373 e. The molecular weight excluding hydrogens is 338 g/mol. The number of carbonyl (C=O) groups excluding carboxylic acids is 1. The SMILES string of the molecule is CCc1cc(C(=O)NCc2cc(Br)cs2)cc(NC)n1. The second-order valence-corrected chi connectivity index (χ2v) is 6.16. The van der Waals surface area contributed by atoms with Crippen LogP contribution in [0.1, 0.15) is 27.9 Å². The lowest BCUT2D eigenvalue weighted by atomic mass is 10.2. The van der Waals surface area contributed by atoms with E-state index >= 15 is 0 Å². The van der Waals surface area contributed by atoms with Gasteiger partial charge in [0.1, 0.15) is 5.82 Å². The molecule has 0 aliphatic heterocycles. The van der Waals surface area contributed by atoms with Crippen molar-refractivity contribution in [2.45, 2.75) is 19.9 Å². The number of halogens is 1. The molecule has 0 bridgehead atoms. The highest BCUT2D eigenvalue weighted by atomic mass is 79.9. The third-order valence-corrected chi connectivity index (χ3v) is 4.50. The molecule has 0 atom stereocenters. The fourth-order valence-corrected chi connectivity index (χ4v) is 3.13. The van der Waals surface area contributed by atoms with Crippen LogP contribution in [0.5, 0.6) is 0 Å². The van der Waals surface area contributed by atoms with Crippen molar-refractivity contribution in [2.24, 2.45) is 0 Å². The van der Waals surface area contributed by atoms with Crippen molar-refractivity contribution >= 4 is 39.0 Å². The Morgan fingerprint density at radius 1 is 1.40 bits per heavy atom. The maximum absolute atomic E-state index is 12.2. The number of aryl methyl sites for hydroxylation is 1. The lowest BCUT2D eigenvalue weighted by Gasteiger charge is -2.08. The molecule has 6 heteroatoms. The Balaban J connectivity index is 2.08. The van der Waals surface area contributed by atoms with Crippen LogP contribution in [0.25, 0.3) is 0 Å². The zero-order valence-electron chi connectivity index (χ0n) is 11.4. The molecular formula is C14H16BrN3OS.